The molecule has 2 amide bonds. The number of nitrogens with zero attached hydrogens (tertiary/aromatic N) is 1. The molecule has 0 spiro atoms. The first-order valence-corrected chi connectivity index (χ1v) is 7.87. The number of carboxylic acids is 1. The lowest BCUT2D eigenvalue weighted by Crippen LogP contribution is -2.46. The van der Waals surface area contributed by atoms with Crippen LogP contribution in [0.5, 0.6) is 0 Å². The molecule has 1 aromatic heterocycles. The van der Waals surface area contributed by atoms with Gasteiger partial charge in [0.25, 0.3) is 5.91 Å². The number of aromatic nitrogens is 2. The van der Waals surface area contributed by atoms with Crippen LogP contribution in [0, 0.1) is 5.92 Å². The van der Waals surface area contributed by atoms with Crippen molar-refractivity contribution in [2.45, 2.75) is 52.5 Å². The van der Waals surface area contributed by atoms with Gasteiger partial charge in [-0.2, -0.15) is 5.10 Å². The van der Waals surface area contributed by atoms with Gasteiger partial charge < -0.3 is 15.7 Å². The van der Waals surface area contributed by atoms with E-state index >= 15 is 0 Å². The zero-order valence-electron chi connectivity index (χ0n) is 14.8. The fourth-order valence-electron chi connectivity index (χ4n) is 2.01. The van der Waals surface area contributed by atoms with Gasteiger partial charge in [0.2, 0.25) is 5.91 Å². The van der Waals surface area contributed by atoms with Crippen molar-refractivity contribution in [3.8, 4) is 0 Å². The van der Waals surface area contributed by atoms with E-state index in [-0.39, 0.29) is 23.6 Å². The molecule has 0 radical (unpaired) electrons. The van der Waals surface area contributed by atoms with E-state index in [0.29, 0.717) is 6.42 Å². The van der Waals surface area contributed by atoms with Crippen LogP contribution < -0.4 is 10.6 Å². The predicted octanol–water partition coefficient (Wildman–Crippen LogP) is 1.05. The third-order valence-electron chi connectivity index (χ3n) is 3.37. The zero-order valence-corrected chi connectivity index (χ0v) is 14.8. The lowest BCUT2D eigenvalue weighted by atomic mass is 9.92. The minimum atomic E-state index is -1.09. The summed E-state index contributed by atoms with van der Waals surface area (Å²) >= 11 is 0. The van der Waals surface area contributed by atoms with Crippen molar-refractivity contribution >= 4 is 17.8 Å². The standard InChI is InChI=1S/C16H26N4O4/c1-9(2)6-11(15(23)24)18-13(21)8-17-14(22)10-7-12(20-19-10)16(3,4)5/h7,9,11H,6,8H2,1-5H3,(H,17,22)(H,18,21)(H,19,20)(H,23,24)/t11-/m0/s1. The Morgan fingerprint density at radius 1 is 1.29 bits per heavy atom. The molecule has 4 N–H and O–H groups in total. The minimum Gasteiger partial charge on any atom is -0.480 e. The van der Waals surface area contributed by atoms with E-state index in [9.17, 15) is 14.4 Å². The van der Waals surface area contributed by atoms with Gasteiger partial charge in [-0.3, -0.25) is 14.7 Å². The van der Waals surface area contributed by atoms with E-state index in [1.165, 1.54) is 0 Å². The molecule has 8 heteroatoms. The summed E-state index contributed by atoms with van der Waals surface area (Å²) in [5, 5.41) is 20.6. The van der Waals surface area contributed by atoms with Crippen molar-refractivity contribution in [1.29, 1.82) is 0 Å². The summed E-state index contributed by atoms with van der Waals surface area (Å²) in [7, 11) is 0. The molecule has 8 nitrogen and oxygen atoms in total. The maximum atomic E-state index is 12.0. The Labute approximate surface area is 141 Å². The summed E-state index contributed by atoms with van der Waals surface area (Å²) in [6.45, 7) is 9.38. The molecule has 134 valence electrons. The third kappa shape index (κ3) is 6.02. The van der Waals surface area contributed by atoms with Gasteiger partial charge in [-0.25, -0.2) is 4.79 Å². The first-order chi connectivity index (χ1) is 11.0. The van der Waals surface area contributed by atoms with Crippen molar-refractivity contribution in [3.63, 3.8) is 0 Å². The molecule has 0 unspecified atom stereocenters. The first kappa shape index (κ1) is 19.7. The Hall–Kier alpha value is -2.38. The molecule has 1 heterocycles. The number of hydrogen-bond acceptors (Lipinski definition) is 4. The lowest BCUT2D eigenvalue weighted by molar-refractivity contribution is -0.142. The summed E-state index contributed by atoms with van der Waals surface area (Å²) in [6.07, 6.45) is 0.323. The quantitative estimate of drug-likeness (QED) is 0.591. The number of aliphatic carboxylic acids is 1. The normalized spacial score (nSPS) is 12.8. The molecule has 24 heavy (non-hydrogen) atoms. The van der Waals surface area contributed by atoms with Gasteiger partial charge in [-0.1, -0.05) is 34.6 Å². The molecule has 1 rings (SSSR count). The van der Waals surface area contributed by atoms with Crippen LogP contribution in [0.15, 0.2) is 6.07 Å². The minimum absolute atomic E-state index is 0.126. The number of amides is 2. The average Bonchev–Trinajstić information content (AvgIpc) is 2.93. The Balaban J connectivity index is 2.55. The van der Waals surface area contributed by atoms with Gasteiger partial charge in [0.15, 0.2) is 0 Å². The Morgan fingerprint density at radius 3 is 2.38 bits per heavy atom. The van der Waals surface area contributed by atoms with Crippen molar-refractivity contribution in [1.82, 2.24) is 20.8 Å². The summed E-state index contributed by atoms with van der Waals surface area (Å²) in [4.78, 5) is 34.9. The van der Waals surface area contributed by atoms with Crippen LogP contribution in [0.25, 0.3) is 0 Å². The topological polar surface area (TPSA) is 124 Å². The summed E-state index contributed by atoms with van der Waals surface area (Å²) < 4.78 is 0. The van der Waals surface area contributed by atoms with Gasteiger partial charge in [-0.15, -0.1) is 0 Å². The van der Waals surface area contributed by atoms with Crippen molar-refractivity contribution in [2.24, 2.45) is 5.92 Å². The molecule has 0 aliphatic rings. The molecule has 0 aromatic carbocycles. The van der Waals surface area contributed by atoms with Crippen molar-refractivity contribution < 1.29 is 19.5 Å². The van der Waals surface area contributed by atoms with Gasteiger partial charge >= 0.3 is 5.97 Å². The number of carboxylic acid groups (broad SMARTS) is 1. The molecule has 0 aliphatic heterocycles. The van der Waals surface area contributed by atoms with E-state index in [4.69, 9.17) is 5.11 Å². The smallest absolute Gasteiger partial charge is 0.326 e. The lowest BCUT2D eigenvalue weighted by Gasteiger charge is -2.16. The second kappa shape index (κ2) is 7.94. The molecule has 1 atom stereocenters. The van der Waals surface area contributed by atoms with Crippen molar-refractivity contribution in [2.75, 3.05) is 6.54 Å². The van der Waals surface area contributed by atoms with Crippen LogP contribution in [-0.4, -0.2) is 45.7 Å². The number of H-pyrrole nitrogens is 1. The molecule has 1 aromatic rings. The van der Waals surface area contributed by atoms with Gasteiger partial charge in [-0.05, 0) is 18.4 Å². The SMILES string of the molecule is CC(C)C[C@H](NC(=O)CNC(=O)c1cc(C(C)(C)C)[nH]n1)C(=O)O. The van der Waals surface area contributed by atoms with Gasteiger partial charge in [0.05, 0.1) is 6.54 Å². The number of carbonyl (C=O) groups excluding carboxylic acids is 2. The first-order valence-electron chi connectivity index (χ1n) is 7.87. The molecule has 0 saturated heterocycles. The van der Waals surface area contributed by atoms with Crippen LogP contribution in [0.3, 0.4) is 0 Å². The molecule has 0 bridgehead atoms. The summed E-state index contributed by atoms with van der Waals surface area (Å²) in [5.41, 5.74) is 0.818. The van der Waals surface area contributed by atoms with Crippen LogP contribution in [0.4, 0.5) is 0 Å². The number of hydrogen-bond donors (Lipinski definition) is 4. The van der Waals surface area contributed by atoms with Crippen LogP contribution in [-0.2, 0) is 15.0 Å². The molecular weight excluding hydrogens is 312 g/mol. The number of rotatable bonds is 7. The third-order valence-corrected chi connectivity index (χ3v) is 3.37. The summed E-state index contributed by atoms with van der Waals surface area (Å²) in [6, 6.07) is 0.666. The van der Waals surface area contributed by atoms with Gasteiger partial charge in [0.1, 0.15) is 11.7 Å². The van der Waals surface area contributed by atoms with E-state index in [2.05, 4.69) is 20.8 Å². The van der Waals surface area contributed by atoms with E-state index < -0.39 is 23.8 Å². The van der Waals surface area contributed by atoms with E-state index in [1.807, 2.05) is 34.6 Å². The monoisotopic (exact) mass is 338 g/mol. The zero-order chi connectivity index (χ0) is 18.5. The maximum absolute atomic E-state index is 12.0. The molecular formula is C16H26N4O4. The fraction of sp³-hybridized carbons (Fsp3) is 0.625. The number of aromatic amines is 1. The fourth-order valence-corrected chi connectivity index (χ4v) is 2.01. The second-order valence-corrected chi connectivity index (χ2v) is 7.19. The molecule has 0 aliphatic carbocycles. The number of nitrogens with one attached hydrogen (secondary N) is 3. The Morgan fingerprint density at radius 2 is 1.92 bits per heavy atom. The average molecular weight is 338 g/mol. The molecule has 0 saturated carbocycles. The molecule has 0 fully saturated rings. The number of carbonyl (C=O) groups is 3. The van der Waals surface area contributed by atoms with Crippen LogP contribution in [0.1, 0.15) is 57.2 Å². The van der Waals surface area contributed by atoms with E-state index in [1.54, 1.807) is 6.07 Å². The largest absolute Gasteiger partial charge is 0.480 e. The highest BCUT2D eigenvalue weighted by Gasteiger charge is 2.22. The Kier molecular flexibility index (Phi) is 6.51. The van der Waals surface area contributed by atoms with Crippen molar-refractivity contribution in [3.05, 3.63) is 17.5 Å². The van der Waals surface area contributed by atoms with Crippen LogP contribution in [0.2, 0.25) is 0 Å². The second-order valence-electron chi connectivity index (χ2n) is 7.19. The summed E-state index contributed by atoms with van der Waals surface area (Å²) in [5.74, 6) is -2.01. The Bertz CT molecular complexity index is 601. The highest BCUT2D eigenvalue weighted by Crippen LogP contribution is 2.20. The highest BCUT2D eigenvalue weighted by molar-refractivity contribution is 5.95. The van der Waals surface area contributed by atoms with E-state index in [0.717, 1.165) is 5.69 Å². The predicted molar refractivity (Wildman–Crippen MR) is 88.6 cm³/mol. The maximum Gasteiger partial charge on any atom is 0.326 e. The van der Waals surface area contributed by atoms with Crippen LogP contribution >= 0.6 is 0 Å². The van der Waals surface area contributed by atoms with Gasteiger partial charge in [0, 0.05) is 11.1 Å². The highest BCUT2D eigenvalue weighted by atomic mass is 16.4.